The number of fused-ring (bicyclic) bond motifs is 1. The van der Waals surface area contributed by atoms with E-state index in [2.05, 4.69) is 45.9 Å². The lowest BCUT2D eigenvalue weighted by Gasteiger charge is -2.20. The van der Waals surface area contributed by atoms with Gasteiger partial charge in [-0.3, -0.25) is 0 Å². The third-order valence-corrected chi connectivity index (χ3v) is 4.23. The van der Waals surface area contributed by atoms with Crippen LogP contribution in [0.2, 0.25) is 0 Å². The first-order valence-electron chi connectivity index (χ1n) is 6.11. The number of rotatable bonds is 3. The zero-order valence-corrected chi connectivity index (χ0v) is 10.8. The third kappa shape index (κ3) is 2.15. The summed E-state index contributed by atoms with van der Waals surface area (Å²) in [7, 11) is 2.15. The lowest BCUT2D eigenvalue weighted by Crippen LogP contribution is -2.27. The van der Waals surface area contributed by atoms with E-state index in [4.69, 9.17) is 0 Å². The minimum atomic E-state index is 0.764. The number of nitrogens with zero attached hydrogens (tertiary/aromatic N) is 2. The summed E-state index contributed by atoms with van der Waals surface area (Å²) in [6, 6.07) is 8.47. The van der Waals surface area contributed by atoms with Crippen molar-refractivity contribution in [3.63, 3.8) is 0 Å². The topological polar surface area (TPSA) is 28.2 Å². The largest absolute Gasteiger partial charge is 0.358 e. The van der Waals surface area contributed by atoms with Crippen LogP contribution in [0.25, 0.3) is 10.1 Å². The molecule has 1 aliphatic rings. The fourth-order valence-electron chi connectivity index (χ4n) is 2.49. The predicted octanol–water partition coefficient (Wildman–Crippen LogP) is 2.34. The second-order valence-corrected chi connectivity index (χ2v) is 5.55. The monoisotopic (exact) mass is 247 g/mol. The van der Waals surface area contributed by atoms with Gasteiger partial charge in [0.1, 0.15) is 5.82 Å². The molecule has 0 saturated carbocycles. The molecule has 1 saturated heterocycles. The molecule has 2 heterocycles. The molecule has 1 fully saturated rings. The Morgan fingerprint density at radius 3 is 3.18 bits per heavy atom. The van der Waals surface area contributed by atoms with Gasteiger partial charge in [-0.25, -0.2) is 0 Å². The van der Waals surface area contributed by atoms with Gasteiger partial charge in [0.15, 0.2) is 0 Å². The molecule has 1 unspecified atom stereocenters. The van der Waals surface area contributed by atoms with Gasteiger partial charge in [0.05, 0.1) is 4.70 Å². The van der Waals surface area contributed by atoms with Crippen LogP contribution in [-0.4, -0.2) is 31.1 Å². The molecule has 2 aromatic rings. The first kappa shape index (κ1) is 11.0. The Morgan fingerprint density at radius 2 is 2.35 bits per heavy atom. The number of aromatic nitrogens is 1. The fourth-order valence-corrected chi connectivity index (χ4v) is 3.31. The van der Waals surface area contributed by atoms with Crippen molar-refractivity contribution in [1.82, 2.24) is 9.69 Å². The lowest BCUT2D eigenvalue weighted by molar-refractivity contribution is 0.577. The number of nitrogens with one attached hydrogen (secondary N) is 1. The Kier molecular flexibility index (Phi) is 2.99. The van der Waals surface area contributed by atoms with Crippen molar-refractivity contribution < 1.29 is 0 Å². The highest BCUT2D eigenvalue weighted by Gasteiger charge is 2.18. The van der Waals surface area contributed by atoms with Crippen LogP contribution >= 0.6 is 11.5 Å². The van der Waals surface area contributed by atoms with Crippen molar-refractivity contribution >= 4 is 27.4 Å². The van der Waals surface area contributed by atoms with Gasteiger partial charge >= 0.3 is 0 Å². The van der Waals surface area contributed by atoms with E-state index in [-0.39, 0.29) is 0 Å². The number of hydrogen-bond acceptors (Lipinski definition) is 4. The molecule has 90 valence electrons. The molecule has 1 N–H and O–H groups in total. The predicted molar refractivity (Wildman–Crippen MR) is 73.9 cm³/mol. The van der Waals surface area contributed by atoms with E-state index in [0.717, 1.165) is 31.4 Å². The summed E-state index contributed by atoms with van der Waals surface area (Å²) in [5.41, 5.74) is 0. The zero-order chi connectivity index (χ0) is 11.7. The summed E-state index contributed by atoms with van der Waals surface area (Å²) >= 11 is 1.59. The molecule has 0 bridgehead atoms. The average Bonchev–Trinajstić information content (AvgIpc) is 2.96. The normalized spacial score (nSPS) is 19.9. The van der Waals surface area contributed by atoms with E-state index in [1.54, 1.807) is 11.5 Å². The SMILES string of the molecule is CN(CC1CCNC1)c1nsc2ccccc12. The van der Waals surface area contributed by atoms with Gasteiger partial charge in [-0.05, 0) is 49.1 Å². The summed E-state index contributed by atoms with van der Waals surface area (Å²) in [6.45, 7) is 3.41. The molecule has 3 nitrogen and oxygen atoms in total. The molecule has 3 rings (SSSR count). The van der Waals surface area contributed by atoms with Crippen molar-refractivity contribution in [2.45, 2.75) is 6.42 Å². The van der Waals surface area contributed by atoms with E-state index < -0.39 is 0 Å². The van der Waals surface area contributed by atoms with Crippen LogP contribution in [0.4, 0.5) is 5.82 Å². The number of hydrogen-bond donors (Lipinski definition) is 1. The zero-order valence-electron chi connectivity index (χ0n) is 10.0. The Morgan fingerprint density at radius 1 is 1.47 bits per heavy atom. The van der Waals surface area contributed by atoms with Crippen LogP contribution in [-0.2, 0) is 0 Å². The summed E-state index contributed by atoms with van der Waals surface area (Å²) in [6.07, 6.45) is 1.28. The van der Waals surface area contributed by atoms with Crippen molar-refractivity contribution in [2.24, 2.45) is 5.92 Å². The van der Waals surface area contributed by atoms with Gasteiger partial charge in [-0.2, -0.15) is 4.37 Å². The maximum Gasteiger partial charge on any atom is 0.149 e. The maximum absolute atomic E-state index is 4.58. The lowest BCUT2D eigenvalue weighted by atomic mass is 10.1. The molecule has 1 aliphatic heterocycles. The van der Waals surface area contributed by atoms with E-state index in [1.807, 2.05) is 0 Å². The average molecular weight is 247 g/mol. The molecular weight excluding hydrogens is 230 g/mol. The van der Waals surface area contributed by atoms with Crippen LogP contribution in [0.5, 0.6) is 0 Å². The van der Waals surface area contributed by atoms with Crippen LogP contribution in [0.1, 0.15) is 6.42 Å². The molecule has 0 spiro atoms. The second-order valence-electron chi connectivity index (χ2n) is 4.74. The van der Waals surface area contributed by atoms with Gasteiger partial charge in [0.25, 0.3) is 0 Å². The summed E-state index contributed by atoms with van der Waals surface area (Å²) in [5.74, 6) is 1.90. The van der Waals surface area contributed by atoms with Gasteiger partial charge in [-0.15, -0.1) is 0 Å². The van der Waals surface area contributed by atoms with Crippen LogP contribution in [0, 0.1) is 5.92 Å². The molecule has 17 heavy (non-hydrogen) atoms. The van der Waals surface area contributed by atoms with Crippen molar-refractivity contribution in [1.29, 1.82) is 0 Å². The molecule has 4 heteroatoms. The van der Waals surface area contributed by atoms with Crippen molar-refractivity contribution in [3.05, 3.63) is 24.3 Å². The van der Waals surface area contributed by atoms with Gasteiger partial charge < -0.3 is 10.2 Å². The van der Waals surface area contributed by atoms with E-state index in [9.17, 15) is 0 Å². The summed E-state index contributed by atoms with van der Waals surface area (Å²) in [5, 5.41) is 4.70. The Balaban J connectivity index is 1.82. The molecular formula is C13H17N3S. The molecule has 0 amide bonds. The molecule has 1 aromatic heterocycles. The highest BCUT2D eigenvalue weighted by atomic mass is 32.1. The third-order valence-electron chi connectivity index (χ3n) is 3.41. The van der Waals surface area contributed by atoms with Crippen molar-refractivity contribution in [2.75, 3.05) is 31.6 Å². The number of anilines is 1. The van der Waals surface area contributed by atoms with Gasteiger partial charge in [0, 0.05) is 19.0 Å². The quantitative estimate of drug-likeness (QED) is 0.902. The highest BCUT2D eigenvalue weighted by molar-refractivity contribution is 7.13. The Labute approximate surface area is 106 Å². The van der Waals surface area contributed by atoms with E-state index in [1.165, 1.54) is 16.5 Å². The van der Waals surface area contributed by atoms with Crippen molar-refractivity contribution in [3.8, 4) is 0 Å². The Bertz CT molecular complexity index is 502. The first-order chi connectivity index (χ1) is 8.34. The van der Waals surface area contributed by atoms with Crippen LogP contribution in [0.15, 0.2) is 24.3 Å². The summed E-state index contributed by atoms with van der Waals surface area (Å²) < 4.78 is 5.86. The Hall–Kier alpha value is -1.13. The fraction of sp³-hybridized carbons (Fsp3) is 0.462. The molecule has 0 radical (unpaired) electrons. The summed E-state index contributed by atoms with van der Waals surface area (Å²) in [4.78, 5) is 2.30. The van der Waals surface area contributed by atoms with Gasteiger partial charge in [-0.1, -0.05) is 12.1 Å². The smallest absolute Gasteiger partial charge is 0.149 e. The second kappa shape index (κ2) is 4.63. The van der Waals surface area contributed by atoms with E-state index >= 15 is 0 Å². The minimum absolute atomic E-state index is 0.764. The number of benzene rings is 1. The highest BCUT2D eigenvalue weighted by Crippen LogP contribution is 2.29. The van der Waals surface area contributed by atoms with Gasteiger partial charge in [0.2, 0.25) is 0 Å². The molecule has 1 aromatic carbocycles. The van der Waals surface area contributed by atoms with E-state index in [0.29, 0.717) is 0 Å². The standard InChI is InChI=1S/C13H17N3S/c1-16(9-10-6-7-14-8-10)13-11-4-2-3-5-12(11)17-15-13/h2-5,10,14H,6-9H2,1H3. The molecule has 1 atom stereocenters. The minimum Gasteiger partial charge on any atom is -0.358 e. The van der Waals surface area contributed by atoms with Crippen LogP contribution in [0.3, 0.4) is 0 Å². The maximum atomic E-state index is 4.58. The first-order valence-corrected chi connectivity index (χ1v) is 6.88. The molecule has 0 aliphatic carbocycles. The van der Waals surface area contributed by atoms with Crippen LogP contribution < -0.4 is 10.2 Å².